The number of fused-ring (bicyclic) bond motifs is 9. The molecule has 0 aliphatic heterocycles. The minimum absolute atomic E-state index is 0.903. The summed E-state index contributed by atoms with van der Waals surface area (Å²) in [5.74, 6) is 0. The van der Waals surface area contributed by atoms with E-state index in [0.29, 0.717) is 0 Å². The maximum Gasteiger partial charge on any atom is 0.0716 e. The number of pyridine rings is 1. The molecule has 13 rings (SSSR count). The molecule has 4 heteroatoms. The van der Waals surface area contributed by atoms with Crippen LogP contribution in [0.25, 0.3) is 122 Å². The molecule has 9 aromatic carbocycles. The maximum atomic E-state index is 5.53. The molecule has 0 radical (unpaired) electrons. The lowest BCUT2D eigenvalue weighted by Gasteiger charge is -2.15. The molecule has 0 saturated carbocycles. The molecule has 0 bridgehead atoms. The van der Waals surface area contributed by atoms with Gasteiger partial charge in [-0.1, -0.05) is 152 Å². The topological polar surface area (TPSA) is 27.7 Å². The summed E-state index contributed by atoms with van der Waals surface area (Å²) in [7, 11) is 0. The van der Waals surface area contributed by atoms with Crippen molar-refractivity contribution in [2.24, 2.45) is 0 Å². The van der Waals surface area contributed by atoms with E-state index in [9.17, 15) is 0 Å². The molecule has 0 spiro atoms. The van der Waals surface area contributed by atoms with Crippen LogP contribution in [0.1, 0.15) is 5.56 Å². The van der Waals surface area contributed by atoms with E-state index in [4.69, 9.17) is 4.98 Å². The minimum Gasteiger partial charge on any atom is -0.309 e. The molecular formula is C61H40N4. The summed E-state index contributed by atoms with van der Waals surface area (Å²) in [5, 5.41) is 7.38. The Morgan fingerprint density at radius 1 is 0.308 bits per heavy atom. The largest absolute Gasteiger partial charge is 0.309 e. The van der Waals surface area contributed by atoms with Gasteiger partial charge in [0.2, 0.25) is 0 Å². The van der Waals surface area contributed by atoms with Crippen LogP contribution in [0, 0.1) is 0 Å². The normalized spacial score (nSPS) is 11.8. The van der Waals surface area contributed by atoms with Crippen molar-refractivity contribution in [3.63, 3.8) is 0 Å². The summed E-state index contributed by atoms with van der Waals surface area (Å²) in [6.07, 6.45) is 1.96. The first-order valence-corrected chi connectivity index (χ1v) is 22.2. The fourth-order valence-corrected chi connectivity index (χ4v) is 10.3. The predicted octanol–water partition coefficient (Wildman–Crippen LogP) is 16.0. The molecule has 4 aromatic heterocycles. The molecule has 304 valence electrons. The Morgan fingerprint density at radius 2 is 0.662 bits per heavy atom. The average molecular weight is 829 g/mol. The highest BCUT2D eigenvalue weighted by atomic mass is 15.0. The number of benzene rings is 9. The first kappa shape index (κ1) is 36.9. The molecule has 65 heavy (non-hydrogen) atoms. The van der Waals surface area contributed by atoms with Gasteiger partial charge in [-0.25, -0.2) is 4.98 Å². The van der Waals surface area contributed by atoms with Gasteiger partial charge in [0.15, 0.2) is 0 Å². The third-order valence-corrected chi connectivity index (χ3v) is 13.2. The lowest BCUT2D eigenvalue weighted by atomic mass is 9.99. The van der Waals surface area contributed by atoms with Gasteiger partial charge >= 0.3 is 0 Å². The van der Waals surface area contributed by atoms with Gasteiger partial charge in [-0.15, -0.1) is 0 Å². The minimum atomic E-state index is 0.903. The highest BCUT2D eigenvalue weighted by Gasteiger charge is 2.18. The third-order valence-electron chi connectivity index (χ3n) is 13.2. The summed E-state index contributed by atoms with van der Waals surface area (Å²) < 4.78 is 7.14. The van der Waals surface area contributed by atoms with Crippen LogP contribution in [0.15, 0.2) is 231 Å². The second kappa shape index (κ2) is 14.7. The Hall–Kier alpha value is -8.73. The van der Waals surface area contributed by atoms with E-state index in [1.54, 1.807) is 0 Å². The van der Waals surface area contributed by atoms with Crippen LogP contribution in [-0.4, -0.2) is 18.7 Å². The second-order valence-corrected chi connectivity index (χ2v) is 16.8. The first-order valence-electron chi connectivity index (χ1n) is 22.2. The van der Waals surface area contributed by atoms with E-state index in [1.807, 2.05) is 6.08 Å². The van der Waals surface area contributed by atoms with Gasteiger partial charge in [0, 0.05) is 60.5 Å². The Balaban J connectivity index is 1.02. The highest BCUT2D eigenvalue weighted by molar-refractivity contribution is 6.13. The van der Waals surface area contributed by atoms with Gasteiger partial charge in [-0.05, 0) is 102 Å². The molecule has 0 atom stereocenters. The monoisotopic (exact) mass is 828 g/mol. The SMILES string of the molecule is C=Cc1cccc2c1c1ccccc1n2-c1cccc(-c2cc(-c3cccc(-n4c5ccccc5c5ccccc54)c3)nc(-c3cccc(-n4c5ccccc5c5ccccc54)c3)c2)c1. The number of nitrogens with zero attached hydrogens (tertiary/aromatic N) is 4. The van der Waals surface area contributed by atoms with E-state index >= 15 is 0 Å². The number of aromatic nitrogens is 4. The number of hydrogen-bond donors (Lipinski definition) is 0. The van der Waals surface area contributed by atoms with Crippen molar-refractivity contribution in [1.82, 2.24) is 18.7 Å². The van der Waals surface area contributed by atoms with Gasteiger partial charge in [-0.2, -0.15) is 0 Å². The van der Waals surface area contributed by atoms with E-state index in [0.717, 1.165) is 67.3 Å². The predicted molar refractivity (Wildman–Crippen MR) is 274 cm³/mol. The standard InChI is InChI=1S/C61H40N4/c1-2-40-17-16-34-60-61(40)52-28-7-12-33-59(52)65(60)45-21-13-18-41(35-45)44-38-53(42-19-14-22-46(36-42)63-55-29-8-3-24-48(55)49-25-4-9-30-56(49)63)62-54(39-44)43-20-15-23-47(37-43)64-57-31-10-5-26-50(57)51-27-6-11-32-58(51)64/h2-39H,1H2. The van der Waals surface area contributed by atoms with Crippen LogP contribution >= 0.6 is 0 Å². The molecule has 4 heterocycles. The second-order valence-electron chi connectivity index (χ2n) is 16.8. The summed E-state index contributed by atoms with van der Waals surface area (Å²) >= 11 is 0. The van der Waals surface area contributed by atoms with Crippen molar-refractivity contribution in [3.05, 3.63) is 237 Å². The third kappa shape index (κ3) is 5.81. The lowest BCUT2D eigenvalue weighted by molar-refractivity contribution is 1.17. The summed E-state index contributed by atoms with van der Waals surface area (Å²) in [6.45, 7) is 4.17. The zero-order chi connectivity index (χ0) is 43.0. The molecule has 0 N–H and O–H groups in total. The quantitative estimate of drug-likeness (QED) is 0.157. The van der Waals surface area contributed by atoms with Gasteiger partial charge < -0.3 is 13.7 Å². The van der Waals surface area contributed by atoms with E-state index in [1.165, 1.54) is 54.4 Å². The number of hydrogen-bond acceptors (Lipinski definition) is 1. The van der Waals surface area contributed by atoms with E-state index in [2.05, 4.69) is 245 Å². The van der Waals surface area contributed by atoms with Crippen molar-refractivity contribution >= 4 is 71.5 Å². The van der Waals surface area contributed by atoms with Gasteiger partial charge in [-0.3, -0.25) is 0 Å². The summed E-state index contributed by atoms with van der Waals surface area (Å²) in [4.78, 5) is 5.53. The van der Waals surface area contributed by atoms with Crippen molar-refractivity contribution in [3.8, 4) is 50.7 Å². The summed E-state index contributed by atoms with van der Waals surface area (Å²) in [5.41, 5.74) is 17.5. The molecule has 0 saturated heterocycles. The molecular weight excluding hydrogens is 789 g/mol. The fourth-order valence-electron chi connectivity index (χ4n) is 10.3. The van der Waals surface area contributed by atoms with Crippen molar-refractivity contribution in [2.45, 2.75) is 0 Å². The molecule has 0 aliphatic rings. The maximum absolute atomic E-state index is 5.53. The number of rotatable bonds is 7. The highest BCUT2D eigenvalue weighted by Crippen LogP contribution is 2.39. The molecule has 0 amide bonds. The number of para-hydroxylation sites is 5. The van der Waals surface area contributed by atoms with Crippen LogP contribution in [-0.2, 0) is 0 Å². The van der Waals surface area contributed by atoms with Crippen LogP contribution in [0.5, 0.6) is 0 Å². The molecule has 0 unspecified atom stereocenters. The zero-order valence-corrected chi connectivity index (χ0v) is 35.4. The van der Waals surface area contributed by atoms with Crippen molar-refractivity contribution in [2.75, 3.05) is 0 Å². The van der Waals surface area contributed by atoms with Crippen molar-refractivity contribution in [1.29, 1.82) is 0 Å². The molecule has 4 nitrogen and oxygen atoms in total. The Labute approximate surface area is 375 Å². The average Bonchev–Trinajstić information content (AvgIpc) is 4.02. The first-order chi connectivity index (χ1) is 32.2. The molecule has 0 fully saturated rings. The van der Waals surface area contributed by atoms with Crippen LogP contribution < -0.4 is 0 Å². The Morgan fingerprint density at radius 3 is 1.12 bits per heavy atom. The van der Waals surface area contributed by atoms with Gasteiger partial charge in [0.25, 0.3) is 0 Å². The lowest BCUT2D eigenvalue weighted by Crippen LogP contribution is -1.97. The van der Waals surface area contributed by atoms with Crippen LogP contribution in [0.2, 0.25) is 0 Å². The van der Waals surface area contributed by atoms with E-state index < -0.39 is 0 Å². The van der Waals surface area contributed by atoms with Crippen LogP contribution in [0.3, 0.4) is 0 Å². The molecule has 13 aromatic rings. The Bertz CT molecular complexity index is 3760. The fraction of sp³-hybridized carbons (Fsp3) is 0. The summed E-state index contributed by atoms with van der Waals surface area (Å²) in [6, 6.07) is 81.0. The molecule has 0 aliphatic carbocycles. The van der Waals surface area contributed by atoms with Gasteiger partial charge in [0.05, 0.1) is 44.5 Å². The smallest absolute Gasteiger partial charge is 0.0716 e. The zero-order valence-electron chi connectivity index (χ0n) is 35.4. The van der Waals surface area contributed by atoms with Crippen LogP contribution in [0.4, 0.5) is 0 Å². The van der Waals surface area contributed by atoms with E-state index in [-0.39, 0.29) is 0 Å². The Kier molecular flexibility index (Phi) is 8.33. The van der Waals surface area contributed by atoms with Crippen molar-refractivity contribution < 1.29 is 0 Å². The van der Waals surface area contributed by atoms with Gasteiger partial charge in [0.1, 0.15) is 0 Å².